The van der Waals surface area contributed by atoms with Crippen LogP contribution < -0.4 is 10.6 Å². The van der Waals surface area contributed by atoms with Crippen molar-refractivity contribution in [1.29, 1.82) is 0 Å². The van der Waals surface area contributed by atoms with Gasteiger partial charge >= 0.3 is 0 Å². The first kappa shape index (κ1) is 16.3. The Bertz CT molecular complexity index is 442. The Kier molecular flexibility index (Phi) is 6.84. The predicted octanol–water partition coefficient (Wildman–Crippen LogP) is 1.10. The zero-order valence-corrected chi connectivity index (χ0v) is 10.4. The third-order valence-corrected chi connectivity index (χ3v) is 2.06. The molecule has 0 radical (unpaired) electrons. The van der Waals surface area contributed by atoms with Crippen molar-refractivity contribution in [3.05, 3.63) is 39.7 Å². The molecular formula is C10H13ClFN3O3. The minimum absolute atomic E-state index is 0. The normalized spacial score (nSPS) is 9.44. The molecule has 0 bridgehead atoms. The van der Waals surface area contributed by atoms with Crippen LogP contribution in [0.5, 0.6) is 0 Å². The fourth-order valence-electron chi connectivity index (χ4n) is 1.25. The number of rotatable bonds is 5. The van der Waals surface area contributed by atoms with E-state index in [1.807, 2.05) is 0 Å². The highest BCUT2D eigenvalue weighted by Gasteiger charge is 2.20. The second kappa shape index (κ2) is 7.57. The lowest BCUT2D eigenvalue weighted by atomic mass is 10.1. The Hall–Kier alpha value is -1.73. The van der Waals surface area contributed by atoms with Crippen LogP contribution in [-0.2, 0) is 0 Å². The third-order valence-electron chi connectivity index (χ3n) is 2.06. The molecule has 0 unspecified atom stereocenters. The fourth-order valence-corrected chi connectivity index (χ4v) is 1.25. The third kappa shape index (κ3) is 4.27. The van der Waals surface area contributed by atoms with Crippen molar-refractivity contribution < 1.29 is 14.1 Å². The van der Waals surface area contributed by atoms with Crippen LogP contribution in [0.15, 0.2) is 18.2 Å². The summed E-state index contributed by atoms with van der Waals surface area (Å²) in [4.78, 5) is 21.5. The standard InChI is InChI=1S/C10H12FN3O3.ClH/c1-12-4-5-13-10(15)8-6-7(11)2-3-9(8)14(16)17;/h2-3,6,12H,4-5H2,1H3,(H,13,15);1H. The number of benzene rings is 1. The van der Waals surface area contributed by atoms with Crippen LogP contribution >= 0.6 is 12.4 Å². The van der Waals surface area contributed by atoms with Crippen LogP contribution in [0.25, 0.3) is 0 Å². The van der Waals surface area contributed by atoms with Gasteiger partial charge in [-0.25, -0.2) is 4.39 Å². The molecule has 2 N–H and O–H groups in total. The molecule has 0 spiro atoms. The number of nitro benzene ring substituents is 1. The maximum atomic E-state index is 12.9. The molecule has 0 aliphatic rings. The van der Waals surface area contributed by atoms with Gasteiger partial charge in [0.2, 0.25) is 0 Å². The number of amides is 1. The number of nitrogens with one attached hydrogen (secondary N) is 2. The fraction of sp³-hybridized carbons (Fsp3) is 0.300. The summed E-state index contributed by atoms with van der Waals surface area (Å²) in [6, 6.07) is 2.78. The first-order valence-corrected chi connectivity index (χ1v) is 4.93. The predicted molar refractivity (Wildman–Crippen MR) is 66.6 cm³/mol. The van der Waals surface area contributed by atoms with Crippen molar-refractivity contribution in [2.45, 2.75) is 0 Å². The van der Waals surface area contributed by atoms with E-state index in [1.165, 1.54) is 0 Å². The van der Waals surface area contributed by atoms with Crippen LogP contribution in [0.2, 0.25) is 0 Å². The first-order valence-electron chi connectivity index (χ1n) is 4.93. The molecule has 0 aromatic heterocycles. The highest BCUT2D eigenvalue weighted by Crippen LogP contribution is 2.19. The van der Waals surface area contributed by atoms with Gasteiger partial charge in [0.25, 0.3) is 11.6 Å². The second-order valence-electron chi connectivity index (χ2n) is 3.28. The monoisotopic (exact) mass is 277 g/mol. The van der Waals surface area contributed by atoms with Gasteiger partial charge in [0, 0.05) is 19.2 Å². The number of nitro groups is 1. The zero-order chi connectivity index (χ0) is 12.8. The van der Waals surface area contributed by atoms with E-state index in [4.69, 9.17) is 0 Å². The van der Waals surface area contributed by atoms with Crippen molar-refractivity contribution in [2.75, 3.05) is 20.1 Å². The van der Waals surface area contributed by atoms with Crippen molar-refractivity contribution >= 4 is 24.0 Å². The number of nitrogens with zero attached hydrogens (tertiary/aromatic N) is 1. The Morgan fingerprint density at radius 3 is 2.67 bits per heavy atom. The van der Waals surface area contributed by atoms with Gasteiger partial charge in [-0.1, -0.05) is 0 Å². The molecule has 0 fully saturated rings. The molecule has 0 saturated carbocycles. The molecule has 0 heterocycles. The summed E-state index contributed by atoms with van der Waals surface area (Å²) in [6.07, 6.45) is 0. The molecule has 100 valence electrons. The van der Waals surface area contributed by atoms with E-state index in [9.17, 15) is 19.3 Å². The summed E-state index contributed by atoms with van der Waals surface area (Å²) in [5.41, 5.74) is -0.681. The van der Waals surface area contributed by atoms with E-state index in [1.54, 1.807) is 7.05 Å². The van der Waals surface area contributed by atoms with Crippen LogP contribution in [-0.4, -0.2) is 31.0 Å². The summed E-state index contributed by atoms with van der Waals surface area (Å²) in [6.45, 7) is 0.831. The van der Waals surface area contributed by atoms with Crippen molar-refractivity contribution in [3.63, 3.8) is 0 Å². The Morgan fingerprint density at radius 2 is 2.11 bits per heavy atom. The van der Waals surface area contributed by atoms with Crippen molar-refractivity contribution in [2.24, 2.45) is 0 Å². The van der Waals surface area contributed by atoms with Crippen LogP contribution in [0.4, 0.5) is 10.1 Å². The highest BCUT2D eigenvalue weighted by molar-refractivity contribution is 5.98. The summed E-state index contributed by atoms with van der Waals surface area (Å²) in [5.74, 6) is -1.35. The van der Waals surface area contributed by atoms with Crippen molar-refractivity contribution in [3.8, 4) is 0 Å². The molecule has 0 saturated heterocycles. The molecule has 1 aromatic rings. The second-order valence-corrected chi connectivity index (χ2v) is 3.28. The summed E-state index contributed by atoms with van der Waals surface area (Å²) in [7, 11) is 1.71. The first-order chi connectivity index (χ1) is 8.06. The number of carbonyl (C=O) groups is 1. The van der Waals surface area contributed by atoms with Gasteiger partial charge in [0.15, 0.2) is 0 Å². The van der Waals surface area contributed by atoms with Gasteiger partial charge in [-0.15, -0.1) is 12.4 Å². The molecule has 0 atom stereocenters. The van der Waals surface area contributed by atoms with Crippen LogP contribution in [0.1, 0.15) is 10.4 Å². The van der Waals surface area contributed by atoms with Crippen LogP contribution in [0, 0.1) is 15.9 Å². The summed E-state index contributed by atoms with van der Waals surface area (Å²) >= 11 is 0. The molecule has 1 rings (SSSR count). The van der Waals surface area contributed by atoms with Gasteiger partial charge in [-0.2, -0.15) is 0 Å². The van der Waals surface area contributed by atoms with Gasteiger partial charge in [0.1, 0.15) is 11.4 Å². The van der Waals surface area contributed by atoms with Gasteiger partial charge in [0.05, 0.1) is 4.92 Å². The number of hydrogen-bond donors (Lipinski definition) is 2. The molecule has 0 aliphatic carbocycles. The molecule has 1 aromatic carbocycles. The molecule has 0 aliphatic heterocycles. The summed E-state index contributed by atoms with van der Waals surface area (Å²) < 4.78 is 12.9. The van der Waals surface area contributed by atoms with E-state index in [0.29, 0.717) is 13.1 Å². The van der Waals surface area contributed by atoms with Gasteiger partial charge in [-0.3, -0.25) is 14.9 Å². The van der Waals surface area contributed by atoms with E-state index in [0.717, 1.165) is 18.2 Å². The zero-order valence-electron chi connectivity index (χ0n) is 9.60. The highest BCUT2D eigenvalue weighted by atomic mass is 35.5. The van der Waals surface area contributed by atoms with Crippen molar-refractivity contribution in [1.82, 2.24) is 10.6 Å². The Labute approximate surface area is 109 Å². The number of carbonyl (C=O) groups excluding carboxylic acids is 1. The van der Waals surface area contributed by atoms with Gasteiger partial charge in [-0.05, 0) is 19.2 Å². The smallest absolute Gasteiger partial charge is 0.282 e. The quantitative estimate of drug-likeness (QED) is 0.480. The lowest BCUT2D eigenvalue weighted by Gasteiger charge is -2.05. The Morgan fingerprint density at radius 1 is 1.44 bits per heavy atom. The number of halogens is 2. The molecule has 6 nitrogen and oxygen atoms in total. The van der Waals surface area contributed by atoms with E-state index in [2.05, 4.69) is 10.6 Å². The number of likely N-dealkylation sites (N-methyl/N-ethyl adjacent to an activating group) is 1. The largest absolute Gasteiger partial charge is 0.351 e. The van der Waals surface area contributed by atoms with E-state index in [-0.39, 0.29) is 18.0 Å². The minimum atomic E-state index is -0.716. The molecule has 1 amide bonds. The molecule has 18 heavy (non-hydrogen) atoms. The van der Waals surface area contributed by atoms with E-state index >= 15 is 0 Å². The van der Waals surface area contributed by atoms with Crippen LogP contribution in [0.3, 0.4) is 0 Å². The average molecular weight is 278 g/mol. The molecule has 8 heteroatoms. The summed E-state index contributed by atoms with van der Waals surface area (Å²) in [5, 5.41) is 15.9. The molecular weight excluding hydrogens is 265 g/mol. The number of hydrogen-bond acceptors (Lipinski definition) is 4. The topological polar surface area (TPSA) is 84.3 Å². The minimum Gasteiger partial charge on any atom is -0.351 e. The lowest BCUT2D eigenvalue weighted by molar-refractivity contribution is -0.385. The average Bonchev–Trinajstić information content (AvgIpc) is 2.28. The maximum absolute atomic E-state index is 12.9. The lowest BCUT2D eigenvalue weighted by Crippen LogP contribution is -2.30. The van der Waals surface area contributed by atoms with Gasteiger partial charge < -0.3 is 10.6 Å². The SMILES string of the molecule is CNCCNC(=O)c1cc(F)ccc1[N+](=O)[O-].Cl. The Balaban J connectivity index is 0.00000289. The maximum Gasteiger partial charge on any atom is 0.282 e. The van der Waals surface area contributed by atoms with E-state index < -0.39 is 22.3 Å².